The molecule has 1 aromatic heterocycles. The van der Waals surface area contributed by atoms with Gasteiger partial charge in [0.25, 0.3) is 0 Å². The van der Waals surface area contributed by atoms with Crippen LogP contribution >= 0.6 is 0 Å². The van der Waals surface area contributed by atoms with Crippen LogP contribution in [-0.2, 0) is 19.1 Å². The lowest BCUT2D eigenvalue weighted by Gasteiger charge is -2.32. The topological polar surface area (TPSA) is 173 Å². The summed E-state index contributed by atoms with van der Waals surface area (Å²) in [4.78, 5) is 66.8. The molecule has 3 saturated heterocycles. The minimum atomic E-state index is -0.827. The SMILES string of the molecule is CC(NC(=O)CCCCNC(=O)C(NC(=O)N1CCOCC1)c1ccccc1)c1ccc(-c2ccc(-c3cnc(C4CCCN4CC(NC(=O)N4CCOCC4)c4ccccc4)[nH]3)cc2)cc1. The van der Waals surface area contributed by atoms with E-state index in [2.05, 4.69) is 91.8 Å². The second-order valence-electron chi connectivity index (χ2n) is 17.5. The molecule has 0 bridgehead atoms. The van der Waals surface area contributed by atoms with Crippen LogP contribution in [0.4, 0.5) is 9.59 Å². The van der Waals surface area contributed by atoms with Gasteiger partial charge >= 0.3 is 12.1 Å². The van der Waals surface area contributed by atoms with E-state index in [1.807, 2.05) is 66.6 Å². The van der Waals surface area contributed by atoms with Crippen LogP contribution in [0.5, 0.6) is 0 Å². The van der Waals surface area contributed by atoms with Crippen LogP contribution in [-0.4, -0.2) is 121 Å². The molecule has 4 atom stereocenters. The fraction of sp³-hybridized carbons (Fsp3) is 0.404. The van der Waals surface area contributed by atoms with E-state index in [1.165, 1.54) is 0 Å². The van der Waals surface area contributed by atoms with E-state index < -0.39 is 6.04 Å². The van der Waals surface area contributed by atoms with Crippen LogP contribution in [0.2, 0.25) is 0 Å². The quantitative estimate of drug-likeness (QED) is 0.0627. The summed E-state index contributed by atoms with van der Waals surface area (Å²) >= 11 is 0. The molecular weight excluding hydrogens is 847 g/mol. The highest BCUT2D eigenvalue weighted by atomic mass is 16.5. The Hall–Kier alpha value is -6.55. The number of urea groups is 2. The molecule has 5 N–H and O–H groups in total. The van der Waals surface area contributed by atoms with Crippen LogP contribution in [0.1, 0.15) is 85.7 Å². The number of morpholine rings is 2. The van der Waals surface area contributed by atoms with E-state index in [1.54, 1.807) is 4.90 Å². The van der Waals surface area contributed by atoms with Crippen molar-refractivity contribution in [1.29, 1.82) is 0 Å². The summed E-state index contributed by atoms with van der Waals surface area (Å²) in [5.74, 6) is 0.594. The van der Waals surface area contributed by atoms with Gasteiger partial charge in [-0.1, -0.05) is 109 Å². The molecule has 67 heavy (non-hydrogen) atoms. The maximum absolute atomic E-state index is 13.3. The summed E-state index contributed by atoms with van der Waals surface area (Å²) in [7, 11) is 0. The molecule has 0 saturated carbocycles. The molecule has 4 aromatic carbocycles. The number of hydrogen-bond donors (Lipinski definition) is 5. The molecule has 0 radical (unpaired) electrons. The number of likely N-dealkylation sites (tertiary alicyclic amines) is 1. The van der Waals surface area contributed by atoms with Gasteiger partial charge < -0.3 is 45.5 Å². The van der Waals surface area contributed by atoms with Crippen molar-refractivity contribution in [2.75, 3.05) is 72.2 Å². The number of hydrogen-bond acceptors (Lipinski definition) is 8. The van der Waals surface area contributed by atoms with Crippen molar-refractivity contribution in [2.24, 2.45) is 0 Å². The molecular formula is C52H63N9O6. The third-order valence-corrected chi connectivity index (χ3v) is 12.9. The van der Waals surface area contributed by atoms with Crippen molar-refractivity contribution in [2.45, 2.75) is 63.2 Å². The first-order valence-corrected chi connectivity index (χ1v) is 23.7. The van der Waals surface area contributed by atoms with E-state index in [-0.39, 0.29) is 42.0 Å². The van der Waals surface area contributed by atoms with Gasteiger partial charge in [-0.15, -0.1) is 0 Å². The predicted molar refractivity (Wildman–Crippen MR) is 257 cm³/mol. The number of carbonyl (C=O) groups excluding carboxylic acids is 4. The van der Waals surface area contributed by atoms with Crippen LogP contribution in [0, 0.1) is 0 Å². The number of aromatic nitrogens is 2. The summed E-state index contributed by atoms with van der Waals surface area (Å²) in [6.07, 6.45) is 5.51. The first-order chi connectivity index (χ1) is 32.8. The maximum atomic E-state index is 13.3. The zero-order valence-corrected chi connectivity index (χ0v) is 38.3. The number of aromatic amines is 1. The molecule has 4 unspecified atom stereocenters. The number of unbranched alkanes of at least 4 members (excludes halogenated alkanes) is 1. The predicted octanol–water partition coefficient (Wildman–Crippen LogP) is 6.91. The monoisotopic (exact) mass is 909 g/mol. The van der Waals surface area contributed by atoms with Gasteiger partial charge in [0, 0.05) is 45.7 Å². The van der Waals surface area contributed by atoms with E-state index >= 15 is 0 Å². The summed E-state index contributed by atoms with van der Waals surface area (Å²) in [5.41, 5.74) is 6.96. The summed E-state index contributed by atoms with van der Waals surface area (Å²) in [5, 5.41) is 12.3. The summed E-state index contributed by atoms with van der Waals surface area (Å²) < 4.78 is 10.8. The van der Waals surface area contributed by atoms with Gasteiger partial charge in [0.15, 0.2) is 0 Å². The van der Waals surface area contributed by atoms with Gasteiger partial charge in [-0.3, -0.25) is 14.5 Å². The number of carbonyl (C=O) groups is 4. The highest BCUT2D eigenvalue weighted by Crippen LogP contribution is 2.34. The Kier molecular flexibility index (Phi) is 16.3. The van der Waals surface area contributed by atoms with Crippen molar-refractivity contribution in [1.82, 2.24) is 45.9 Å². The number of nitrogens with one attached hydrogen (secondary N) is 5. The zero-order chi connectivity index (χ0) is 46.4. The number of imidazole rings is 1. The Morgan fingerprint density at radius 3 is 1.90 bits per heavy atom. The lowest BCUT2D eigenvalue weighted by atomic mass is 10.00. The molecule has 15 nitrogen and oxygen atoms in total. The second kappa shape index (κ2) is 23.3. The average molecular weight is 910 g/mol. The fourth-order valence-electron chi connectivity index (χ4n) is 9.02. The number of benzene rings is 4. The van der Waals surface area contributed by atoms with Gasteiger partial charge in [-0.25, -0.2) is 14.6 Å². The number of H-pyrrole nitrogens is 1. The number of amides is 6. The average Bonchev–Trinajstić information content (AvgIpc) is 4.07. The Bertz CT molecular complexity index is 2370. The Labute approximate surface area is 393 Å². The van der Waals surface area contributed by atoms with Crippen molar-refractivity contribution in [3.8, 4) is 22.4 Å². The van der Waals surface area contributed by atoms with Crippen LogP contribution < -0.4 is 21.3 Å². The van der Waals surface area contributed by atoms with Crippen molar-refractivity contribution >= 4 is 23.9 Å². The molecule has 5 aromatic rings. The standard InChI is InChI=1S/C52H63N9O6/c1-37(55-47(62)16-8-9-25-53-50(63)48(43-13-6-3-7-14-43)58-52(65)60-29-33-67-34-30-60)38-17-19-39(20-18-38)40-21-23-42(24-22-40)44-35-54-49(56-44)46-15-10-26-61(46)36-45(41-11-4-2-5-12-41)57-51(64)59-27-31-66-32-28-59/h2-7,11-14,17-24,35,37,45-46,48H,8-10,15-16,25-34,36H2,1H3,(H,53,63)(H,54,56)(H,55,62)(H,57,64)(H,58,65). The summed E-state index contributed by atoms with van der Waals surface area (Å²) in [6.45, 7) is 8.18. The number of ether oxygens (including phenoxy) is 2. The van der Waals surface area contributed by atoms with Crippen LogP contribution in [0.25, 0.3) is 22.4 Å². The van der Waals surface area contributed by atoms with E-state index in [0.717, 1.165) is 58.7 Å². The molecule has 0 aliphatic carbocycles. The normalized spacial score (nSPS) is 17.8. The molecule has 3 aliphatic rings. The first-order valence-electron chi connectivity index (χ1n) is 23.7. The molecule has 6 amide bonds. The molecule has 15 heteroatoms. The smallest absolute Gasteiger partial charge is 0.318 e. The Morgan fingerprint density at radius 2 is 1.25 bits per heavy atom. The lowest BCUT2D eigenvalue weighted by Crippen LogP contribution is -2.50. The van der Waals surface area contributed by atoms with Gasteiger partial charge in [0.1, 0.15) is 11.9 Å². The fourth-order valence-corrected chi connectivity index (χ4v) is 9.02. The molecule has 4 heterocycles. The van der Waals surface area contributed by atoms with Gasteiger partial charge in [-0.05, 0) is 72.5 Å². The van der Waals surface area contributed by atoms with Crippen LogP contribution in [0.3, 0.4) is 0 Å². The van der Waals surface area contributed by atoms with Crippen LogP contribution in [0.15, 0.2) is 115 Å². The highest BCUT2D eigenvalue weighted by Gasteiger charge is 2.32. The van der Waals surface area contributed by atoms with Crippen molar-refractivity contribution in [3.05, 3.63) is 138 Å². The Morgan fingerprint density at radius 1 is 0.672 bits per heavy atom. The first kappa shape index (κ1) is 47.0. The summed E-state index contributed by atoms with van der Waals surface area (Å²) in [6, 6.07) is 34.7. The van der Waals surface area contributed by atoms with E-state index in [4.69, 9.17) is 14.5 Å². The zero-order valence-electron chi connectivity index (χ0n) is 38.3. The lowest BCUT2D eigenvalue weighted by molar-refractivity contribution is -0.123. The second-order valence-corrected chi connectivity index (χ2v) is 17.5. The molecule has 352 valence electrons. The molecule has 0 spiro atoms. The van der Waals surface area contributed by atoms with Gasteiger partial charge in [-0.2, -0.15) is 0 Å². The number of nitrogens with zero attached hydrogens (tertiary/aromatic N) is 4. The number of rotatable bonds is 17. The van der Waals surface area contributed by atoms with Crippen molar-refractivity contribution < 1.29 is 28.7 Å². The van der Waals surface area contributed by atoms with E-state index in [0.29, 0.717) is 90.5 Å². The maximum Gasteiger partial charge on any atom is 0.318 e. The third kappa shape index (κ3) is 12.7. The van der Waals surface area contributed by atoms with E-state index in [9.17, 15) is 19.2 Å². The molecule has 8 rings (SSSR count). The third-order valence-electron chi connectivity index (χ3n) is 12.9. The molecule has 3 fully saturated rings. The highest BCUT2D eigenvalue weighted by molar-refractivity contribution is 5.88. The largest absolute Gasteiger partial charge is 0.378 e. The Balaban J connectivity index is 0.789. The minimum absolute atomic E-state index is 0.0506. The van der Waals surface area contributed by atoms with Gasteiger partial charge in [0.05, 0.1) is 56.4 Å². The molecule has 3 aliphatic heterocycles. The minimum Gasteiger partial charge on any atom is -0.378 e. The van der Waals surface area contributed by atoms with Gasteiger partial charge in [0.2, 0.25) is 11.8 Å². The van der Waals surface area contributed by atoms with Crippen molar-refractivity contribution in [3.63, 3.8) is 0 Å².